The highest BCUT2D eigenvalue weighted by molar-refractivity contribution is 6.69. The van der Waals surface area contributed by atoms with Gasteiger partial charge in [-0.25, -0.2) is 4.39 Å². The lowest BCUT2D eigenvalue weighted by atomic mass is 10.2. The van der Waals surface area contributed by atoms with E-state index in [1.54, 1.807) is 6.07 Å². The van der Waals surface area contributed by atoms with Crippen molar-refractivity contribution in [3.63, 3.8) is 0 Å². The summed E-state index contributed by atoms with van der Waals surface area (Å²) in [7, 11) is 0. The Kier molecular flexibility index (Phi) is 3.91. The minimum absolute atomic E-state index is 0.0303. The number of benzene rings is 1. The van der Waals surface area contributed by atoms with E-state index in [1.165, 1.54) is 12.1 Å². The first kappa shape index (κ1) is 11.8. The van der Waals surface area contributed by atoms with Crippen molar-refractivity contribution in [2.45, 2.75) is 20.0 Å². The van der Waals surface area contributed by atoms with Crippen LogP contribution < -0.4 is 4.74 Å². The van der Waals surface area contributed by atoms with E-state index in [0.29, 0.717) is 5.75 Å². The SMILES string of the molecule is CC(C)Oc1ccc(/C(Cl)=N\O)c(F)c1. The van der Waals surface area contributed by atoms with E-state index in [-0.39, 0.29) is 16.8 Å². The Morgan fingerprint density at radius 3 is 2.67 bits per heavy atom. The average Bonchev–Trinajstić information content (AvgIpc) is 2.16. The molecule has 5 heteroatoms. The Morgan fingerprint density at radius 1 is 1.53 bits per heavy atom. The third-order valence-corrected chi connectivity index (χ3v) is 1.90. The molecule has 1 N–H and O–H groups in total. The predicted molar refractivity (Wildman–Crippen MR) is 56.3 cm³/mol. The summed E-state index contributed by atoms with van der Waals surface area (Å²) in [5.41, 5.74) is 0.0373. The molecule has 0 bridgehead atoms. The van der Waals surface area contributed by atoms with Crippen molar-refractivity contribution in [1.82, 2.24) is 0 Å². The lowest BCUT2D eigenvalue weighted by Gasteiger charge is -2.10. The molecular formula is C10H11ClFNO2. The highest BCUT2D eigenvalue weighted by Gasteiger charge is 2.09. The number of halogens is 2. The van der Waals surface area contributed by atoms with E-state index in [1.807, 2.05) is 13.8 Å². The van der Waals surface area contributed by atoms with Crippen molar-refractivity contribution in [1.29, 1.82) is 0 Å². The van der Waals surface area contributed by atoms with E-state index >= 15 is 0 Å². The zero-order valence-corrected chi connectivity index (χ0v) is 9.12. The molecule has 1 aromatic rings. The molecule has 1 rings (SSSR count). The maximum Gasteiger partial charge on any atom is 0.178 e. The predicted octanol–water partition coefficient (Wildman–Crippen LogP) is 2.99. The van der Waals surface area contributed by atoms with Crippen LogP contribution in [0.25, 0.3) is 0 Å². The molecule has 0 aliphatic rings. The number of ether oxygens (including phenoxy) is 1. The zero-order valence-electron chi connectivity index (χ0n) is 8.37. The lowest BCUT2D eigenvalue weighted by Crippen LogP contribution is -2.06. The van der Waals surface area contributed by atoms with Crippen LogP contribution in [0.15, 0.2) is 23.4 Å². The molecule has 15 heavy (non-hydrogen) atoms. The van der Waals surface area contributed by atoms with Gasteiger partial charge in [0.25, 0.3) is 0 Å². The Labute approximate surface area is 92.1 Å². The van der Waals surface area contributed by atoms with Gasteiger partial charge in [-0.3, -0.25) is 0 Å². The topological polar surface area (TPSA) is 41.8 Å². The highest BCUT2D eigenvalue weighted by Crippen LogP contribution is 2.19. The second-order valence-corrected chi connectivity index (χ2v) is 3.56. The van der Waals surface area contributed by atoms with Crippen molar-refractivity contribution in [2.75, 3.05) is 0 Å². The molecule has 3 nitrogen and oxygen atoms in total. The van der Waals surface area contributed by atoms with Gasteiger partial charge in [-0.1, -0.05) is 16.8 Å². The molecule has 0 aliphatic carbocycles. The van der Waals surface area contributed by atoms with Crippen molar-refractivity contribution >= 4 is 16.8 Å². The number of oxime groups is 1. The number of nitrogens with zero attached hydrogens (tertiary/aromatic N) is 1. The van der Waals surface area contributed by atoms with Gasteiger partial charge in [0.15, 0.2) is 5.17 Å². The highest BCUT2D eigenvalue weighted by atomic mass is 35.5. The van der Waals surface area contributed by atoms with Crippen LogP contribution in [0.3, 0.4) is 0 Å². The second kappa shape index (κ2) is 4.98. The van der Waals surface area contributed by atoms with Gasteiger partial charge >= 0.3 is 0 Å². The fraction of sp³-hybridized carbons (Fsp3) is 0.300. The van der Waals surface area contributed by atoms with Crippen LogP contribution in [0, 0.1) is 5.82 Å². The van der Waals surface area contributed by atoms with Gasteiger partial charge in [0, 0.05) is 6.07 Å². The number of rotatable bonds is 3. The van der Waals surface area contributed by atoms with Gasteiger partial charge < -0.3 is 9.94 Å². The van der Waals surface area contributed by atoms with E-state index in [2.05, 4.69) is 5.16 Å². The summed E-state index contributed by atoms with van der Waals surface area (Å²) in [5.74, 6) is -0.176. The standard InChI is InChI=1S/C10H11ClFNO2/c1-6(2)15-7-3-4-8(9(12)5-7)10(11)13-14/h3-6,14H,1-2H3/b13-10+. The van der Waals surface area contributed by atoms with E-state index in [4.69, 9.17) is 21.5 Å². The molecule has 0 aliphatic heterocycles. The molecule has 0 unspecified atom stereocenters. The van der Waals surface area contributed by atoms with Crippen LogP contribution in [-0.2, 0) is 0 Å². The number of hydrogen-bond acceptors (Lipinski definition) is 3. The maximum absolute atomic E-state index is 13.4. The summed E-state index contributed by atoms with van der Waals surface area (Å²) in [6.45, 7) is 3.68. The third-order valence-electron chi connectivity index (χ3n) is 1.62. The molecule has 82 valence electrons. The quantitative estimate of drug-likeness (QED) is 0.494. The monoisotopic (exact) mass is 231 g/mol. The Morgan fingerprint density at radius 2 is 2.20 bits per heavy atom. The van der Waals surface area contributed by atoms with Crippen molar-refractivity contribution in [3.8, 4) is 5.75 Å². The van der Waals surface area contributed by atoms with Gasteiger partial charge in [-0.15, -0.1) is 0 Å². The molecule has 0 fully saturated rings. The maximum atomic E-state index is 13.4. The van der Waals surface area contributed by atoms with Crippen molar-refractivity contribution in [3.05, 3.63) is 29.6 Å². The summed E-state index contributed by atoms with van der Waals surface area (Å²) >= 11 is 5.47. The zero-order chi connectivity index (χ0) is 11.4. The van der Waals surface area contributed by atoms with Crippen LogP contribution >= 0.6 is 11.6 Å². The molecule has 0 amide bonds. The third kappa shape index (κ3) is 3.09. The van der Waals surface area contributed by atoms with E-state index < -0.39 is 5.82 Å². The molecule has 0 aromatic heterocycles. The molecule has 0 heterocycles. The van der Waals surface area contributed by atoms with Crippen LogP contribution in [0.2, 0.25) is 0 Å². The molecule has 0 saturated heterocycles. The van der Waals surface area contributed by atoms with Gasteiger partial charge in [0.2, 0.25) is 0 Å². The first-order valence-electron chi connectivity index (χ1n) is 4.38. The summed E-state index contributed by atoms with van der Waals surface area (Å²) in [6.07, 6.45) is -0.0303. The Hall–Kier alpha value is -1.29. The number of hydrogen-bond donors (Lipinski definition) is 1. The fourth-order valence-corrected chi connectivity index (χ4v) is 1.22. The normalized spacial score (nSPS) is 11.9. The first-order chi connectivity index (χ1) is 7.04. The fourth-order valence-electron chi connectivity index (χ4n) is 1.06. The smallest absolute Gasteiger partial charge is 0.178 e. The minimum atomic E-state index is -0.587. The van der Waals surface area contributed by atoms with Gasteiger partial charge in [0.1, 0.15) is 11.6 Å². The summed E-state index contributed by atoms with van der Waals surface area (Å²) < 4.78 is 18.7. The average molecular weight is 232 g/mol. The van der Waals surface area contributed by atoms with Crippen molar-refractivity contribution in [2.24, 2.45) is 5.16 Å². The molecule has 0 spiro atoms. The Bertz CT molecular complexity index is 380. The van der Waals surface area contributed by atoms with Crippen molar-refractivity contribution < 1.29 is 14.3 Å². The van der Waals surface area contributed by atoms with Crippen LogP contribution in [-0.4, -0.2) is 16.5 Å². The molecule has 0 saturated carbocycles. The van der Waals surface area contributed by atoms with Gasteiger partial charge in [-0.05, 0) is 26.0 Å². The second-order valence-electron chi connectivity index (χ2n) is 3.20. The van der Waals surface area contributed by atoms with Gasteiger partial charge in [-0.2, -0.15) is 0 Å². The summed E-state index contributed by atoms with van der Waals surface area (Å²) in [5, 5.41) is 10.8. The van der Waals surface area contributed by atoms with Gasteiger partial charge in [0.05, 0.1) is 11.7 Å². The van der Waals surface area contributed by atoms with Crippen LogP contribution in [0.5, 0.6) is 5.75 Å². The van der Waals surface area contributed by atoms with E-state index in [9.17, 15) is 4.39 Å². The molecular weight excluding hydrogens is 221 g/mol. The molecule has 0 atom stereocenters. The van der Waals surface area contributed by atoms with Crippen LogP contribution in [0.1, 0.15) is 19.4 Å². The first-order valence-corrected chi connectivity index (χ1v) is 4.76. The largest absolute Gasteiger partial charge is 0.491 e. The van der Waals surface area contributed by atoms with E-state index in [0.717, 1.165) is 0 Å². The molecule has 1 aromatic carbocycles. The lowest BCUT2D eigenvalue weighted by molar-refractivity contribution is 0.241. The Balaban J connectivity index is 2.98. The van der Waals surface area contributed by atoms with Crippen LogP contribution in [0.4, 0.5) is 4.39 Å². The summed E-state index contributed by atoms with van der Waals surface area (Å²) in [6, 6.07) is 4.16. The summed E-state index contributed by atoms with van der Waals surface area (Å²) in [4.78, 5) is 0. The molecule has 0 radical (unpaired) electrons. The minimum Gasteiger partial charge on any atom is -0.491 e.